The number of hydrogen-bond acceptors (Lipinski definition) is 7. The predicted octanol–water partition coefficient (Wildman–Crippen LogP) is 2.23. The highest BCUT2D eigenvalue weighted by atomic mass is 32.1. The summed E-state index contributed by atoms with van der Waals surface area (Å²) in [5.74, 6) is 0.180. The smallest absolute Gasteiger partial charge is 0.405 e. The molecular formula is C15H15N5O3S. The minimum atomic E-state index is -0.912. The van der Waals surface area contributed by atoms with Gasteiger partial charge in [0.2, 0.25) is 0 Å². The number of nitrogens with one attached hydrogen (secondary N) is 1. The van der Waals surface area contributed by atoms with Crippen LogP contribution in [0.3, 0.4) is 0 Å². The maximum absolute atomic E-state index is 12.4. The van der Waals surface area contributed by atoms with Gasteiger partial charge in [-0.2, -0.15) is 10.2 Å². The Balaban J connectivity index is 2.09. The molecule has 0 spiro atoms. The van der Waals surface area contributed by atoms with Crippen molar-refractivity contribution in [1.29, 1.82) is 0 Å². The number of nitrogens with two attached hydrogens (primary N) is 1. The van der Waals surface area contributed by atoms with Gasteiger partial charge in [-0.15, -0.1) is 11.3 Å². The van der Waals surface area contributed by atoms with E-state index in [1.807, 2.05) is 13.8 Å². The molecule has 9 heteroatoms. The van der Waals surface area contributed by atoms with Gasteiger partial charge in [-0.25, -0.2) is 9.78 Å². The van der Waals surface area contributed by atoms with Crippen LogP contribution in [-0.2, 0) is 4.74 Å². The number of amides is 1. The summed E-state index contributed by atoms with van der Waals surface area (Å²) >= 11 is 1.31. The molecule has 0 unspecified atom stereocenters. The Morgan fingerprint density at radius 3 is 2.79 bits per heavy atom. The molecule has 0 aromatic carbocycles. The Morgan fingerprint density at radius 1 is 1.38 bits per heavy atom. The van der Waals surface area contributed by atoms with E-state index < -0.39 is 12.2 Å². The quantitative estimate of drug-likeness (QED) is 0.747. The highest BCUT2D eigenvalue weighted by Gasteiger charge is 2.23. The molecule has 0 fully saturated rings. The molecule has 3 aromatic heterocycles. The van der Waals surface area contributed by atoms with Gasteiger partial charge in [0.25, 0.3) is 5.56 Å². The molecule has 0 saturated heterocycles. The van der Waals surface area contributed by atoms with Gasteiger partial charge in [0, 0.05) is 10.4 Å². The summed E-state index contributed by atoms with van der Waals surface area (Å²) in [6.07, 6.45) is 1.57. The van der Waals surface area contributed by atoms with Crippen LogP contribution in [0.5, 0.6) is 0 Å². The number of H-pyrrole nitrogens is 1. The van der Waals surface area contributed by atoms with Crippen molar-refractivity contribution < 1.29 is 9.53 Å². The van der Waals surface area contributed by atoms with Crippen LogP contribution in [-0.4, -0.2) is 26.3 Å². The lowest BCUT2D eigenvalue weighted by Gasteiger charge is -2.19. The average Bonchev–Trinajstić information content (AvgIpc) is 2.97. The van der Waals surface area contributed by atoms with Gasteiger partial charge in [-0.1, -0.05) is 13.8 Å². The van der Waals surface area contributed by atoms with Crippen LogP contribution in [0.2, 0.25) is 0 Å². The van der Waals surface area contributed by atoms with Crippen molar-refractivity contribution in [3.63, 3.8) is 0 Å². The van der Waals surface area contributed by atoms with E-state index in [4.69, 9.17) is 10.5 Å². The third-order valence-corrected chi connectivity index (χ3v) is 4.56. The van der Waals surface area contributed by atoms with E-state index in [2.05, 4.69) is 20.2 Å². The second kappa shape index (κ2) is 6.36. The first-order valence-electron chi connectivity index (χ1n) is 7.22. The molecule has 3 rings (SSSR count). The van der Waals surface area contributed by atoms with Crippen LogP contribution < -0.4 is 11.3 Å². The van der Waals surface area contributed by atoms with Crippen molar-refractivity contribution in [3.8, 4) is 10.4 Å². The number of rotatable bonds is 4. The predicted molar refractivity (Wildman–Crippen MR) is 89.5 cm³/mol. The van der Waals surface area contributed by atoms with Gasteiger partial charge in [0.05, 0.1) is 17.9 Å². The second-order valence-electron chi connectivity index (χ2n) is 5.51. The zero-order valence-corrected chi connectivity index (χ0v) is 13.8. The maximum atomic E-state index is 12.4. The summed E-state index contributed by atoms with van der Waals surface area (Å²) in [5, 5.41) is 7.57. The number of nitrogens with zero attached hydrogens (tertiary/aromatic N) is 3. The lowest BCUT2D eigenvalue weighted by atomic mass is 10.1. The van der Waals surface area contributed by atoms with Gasteiger partial charge in [0.1, 0.15) is 4.70 Å². The molecule has 0 radical (unpaired) electrons. The van der Waals surface area contributed by atoms with Gasteiger partial charge in [-0.3, -0.25) is 4.79 Å². The van der Waals surface area contributed by atoms with E-state index in [0.29, 0.717) is 10.2 Å². The van der Waals surface area contributed by atoms with E-state index in [1.54, 1.807) is 24.5 Å². The normalized spacial score (nSPS) is 12.5. The lowest BCUT2D eigenvalue weighted by Crippen LogP contribution is -2.24. The van der Waals surface area contributed by atoms with Crippen molar-refractivity contribution in [2.45, 2.75) is 20.0 Å². The molecule has 1 amide bonds. The fraction of sp³-hybridized carbons (Fsp3) is 0.267. The molecule has 0 aliphatic carbocycles. The van der Waals surface area contributed by atoms with Crippen LogP contribution in [0.15, 0.2) is 29.3 Å². The highest BCUT2D eigenvalue weighted by Crippen LogP contribution is 2.31. The number of aromatic nitrogens is 4. The SMILES string of the molecule is CC(C)[C@H](OC(N)=O)c1nc2cc(-c3ccnnc3)sc2c(=O)[nH]1. The first-order valence-corrected chi connectivity index (χ1v) is 8.04. The molecule has 1 atom stereocenters. The molecule has 8 nitrogen and oxygen atoms in total. The Labute approximate surface area is 140 Å². The van der Waals surface area contributed by atoms with E-state index in [-0.39, 0.29) is 17.3 Å². The monoisotopic (exact) mass is 345 g/mol. The van der Waals surface area contributed by atoms with Gasteiger partial charge < -0.3 is 15.5 Å². The van der Waals surface area contributed by atoms with E-state index in [0.717, 1.165) is 10.4 Å². The van der Waals surface area contributed by atoms with E-state index >= 15 is 0 Å². The number of hydrogen-bond donors (Lipinski definition) is 2. The zero-order chi connectivity index (χ0) is 17.3. The van der Waals surface area contributed by atoms with Crippen LogP contribution in [0.4, 0.5) is 4.79 Å². The van der Waals surface area contributed by atoms with Gasteiger partial charge in [-0.05, 0) is 18.1 Å². The first-order chi connectivity index (χ1) is 11.5. The zero-order valence-electron chi connectivity index (χ0n) is 13.0. The van der Waals surface area contributed by atoms with Crippen molar-refractivity contribution in [3.05, 3.63) is 40.7 Å². The maximum Gasteiger partial charge on any atom is 0.405 e. The molecule has 3 N–H and O–H groups in total. The topological polar surface area (TPSA) is 124 Å². The number of thiophene rings is 1. The third kappa shape index (κ3) is 3.11. The average molecular weight is 345 g/mol. The molecule has 0 aliphatic rings. The first kappa shape index (κ1) is 16.1. The number of aromatic amines is 1. The third-order valence-electron chi connectivity index (χ3n) is 3.39. The van der Waals surface area contributed by atoms with E-state index in [1.165, 1.54) is 11.3 Å². The largest absolute Gasteiger partial charge is 0.438 e. The highest BCUT2D eigenvalue weighted by molar-refractivity contribution is 7.22. The van der Waals surface area contributed by atoms with Crippen LogP contribution in [0.1, 0.15) is 25.8 Å². The number of carbonyl (C=O) groups is 1. The summed E-state index contributed by atoms with van der Waals surface area (Å²) in [5.41, 5.74) is 6.20. The van der Waals surface area contributed by atoms with Crippen LogP contribution in [0.25, 0.3) is 20.7 Å². The summed E-state index contributed by atoms with van der Waals surface area (Å²) in [7, 11) is 0. The fourth-order valence-electron chi connectivity index (χ4n) is 2.30. The lowest BCUT2D eigenvalue weighted by molar-refractivity contribution is 0.0728. The molecule has 3 heterocycles. The van der Waals surface area contributed by atoms with Crippen molar-refractivity contribution in [2.75, 3.05) is 0 Å². The standard InChI is InChI=1S/C15H15N5O3S/c1-7(2)11(23-15(16)22)13-19-9-5-10(8-3-4-17-18-6-8)24-12(9)14(21)20-13/h3-7,11H,1-2H3,(H2,16,22)(H,19,20,21)/t11-/m0/s1. The molecule has 24 heavy (non-hydrogen) atoms. The summed E-state index contributed by atoms with van der Waals surface area (Å²) in [6, 6.07) is 3.61. The van der Waals surface area contributed by atoms with Gasteiger partial charge in [0.15, 0.2) is 11.9 Å². The number of fused-ring (bicyclic) bond motifs is 1. The van der Waals surface area contributed by atoms with E-state index in [9.17, 15) is 9.59 Å². The van der Waals surface area contributed by atoms with Crippen molar-refractivity contribution in [2.24, 2.45) is 11.7 Å². The Kier molecular flexibility index (Phi) is 4.26. The van der Waals surface area contributed by atoms with Crippen molar-refractivity contribution in [1.82, 2.24) is 20.2 Å². The fourth-order valence-corrected chi connectivity index (χ4v) is 3.29. The van der Waals surface area contributed by atoms with Crippen LogP contribution >= 0.6 is 11.3 Å². The molecule has 124 valence electrons. The Morgan fingerprint density at radius 2 is 2.17 bits per heavy atom. The van der Waals surface area contributed by atoms with Crippen LogP contribution in [0, 0.1) is 5.92 Å². The number of ether oxygens (including phenoxy) is 1. The molecule has 0 aliphatic heterocycles. The Hall–Kier alpha value is -2.81. The minimum Gasteiger partial charge on any atom is -0.438 e. The Bertz CT molecular complexity index is 935. The minimum absolute atomic E-state index is 0.0967. The molecule has 0 saturated carbocycles. The molecule has 0 bridgehead atoms. The van der Waals surface area contributed by atoms with Gasteiger partial charge >= 0.3 is 6.09 Å². The van der Waals surface area contributed by atoms with Crippen molar-refractivity contribution >= 4 is 27.6 Å². The second-order valence-corrected chi connectivity index (χ2v) is 6.56. The molecule has 3 aromatic rings. The number of primary amides is 1. The summed E-state index contributed by atoms with van der Waals surface area (Å²) in [4.78, 5) is 31.4. The molecular weight excluding hydrogens is 330 g/mol. The number of carbonyl (C=O) groups excluding carboxylic acids is 1. The summed E-state index contributed by atoms with van der Waals surface area (Å²) < 4.78 is 5.58. The summed E-state index contributed by atoms with van der Waals surface area (Å²) in [6.45, 7) is 3.69.